The molecule has 140 valence electrons. The highest BCUT2D eigenvalue weighted by Gasteiger charge is 2.16. The highest BCUT2D eigenvalue weighted by Crippen LogP contribution is 2.20. The Labute approximate surface area is 156 Å². The monoisotopic (exact) mass is 378 g/mol. The smallest absolute Gasteiger partial charge is 0.345 e. The van der Waals surface area contributed by atoms with E-state index >= 15 is 0 Å². The second kappa shape index (κ2) is 8.40. The molecule has 2 aromatic rings. The number of benzene rings is 1. The van der Waals surface area contributed by atoms with E-state index in [2.05, 4.69) is 10.4 Å². The van der Waals surface area contributed by atoms with E-state index in [1.165, 1.54) is 4.68 Å². The zero-order chi connectivity index (χ0) is 18.5. The van der Waals surface area contributed by atoms with Crippen LogP contribution in [-0.2, 0) is 24.3 Å². The maximum absolute atomic E-state index is 12.2. The minimum absolute atomic E-state index is 0.0486. The quantitative estimate of drug-likeness (QED) is 0.747. The summed E-state index contributed by atoms with van der Waals surface area (Å²) in [5.74, 6) is 1.28. The van der Waals surface area contributed by atoms with Crippen molar-refractivity contribution in [3.05, 3.63) is 45.1 Å². The summed E-state index contributed by atoms with van der Waals surface area (Å²) in [4.78, 5) is 24.1. The van der Waals surface area contributed by atoms with Gasteiger partial charge in [0.1, 0.15) is 11.6 Å². The predicted octanol–water partition coefficient (Wildman–Crippen LogP) is 1.93. The Kier molecular flexibility index (Phi) is 5.98. The van der Waals surface area contributed by atoms with Crippen molar-refractivity contribution in [2.45, 2.75) is 45.7 Å². The van der Waals surface area contributed by atoms with Crippen molar-refractivity contribution in [2.75, 3.05) is 13.2 Å². The molecule has 0 fully saturated rings. The molecule has 0 saturated carbocycles. The Hall–Kier alpha value is -2.28. The number of hydrogen-bond acceptors (Lipinski definition) is 4. The van der Waals surface area contributed by atoms with E-state index in [9.17, 15) is 9.59 Å². The van der Waals surface area contributed by atoms with Crippen LogP contribution in [-0.4, -0.2) is 33.4 Å². The Balaban J connectivity index is 1.39. The molecule has 1 aliphatic rings. The molecule has 0 saturated heterocycles. The highest BCUT2D eigenvalue weighted by molar-refractivity contribution is 6.31. The molecule has 1 aromatic carbocycles. The Morgan fingerprint density at radius 1 is 1.38 bits per heavy atom. The molecular weight excluding hydrogens is 356 g/mol. The number of fused-ring (bicyclic) bond motifs is 1. The molecule has 1 aromatic heterocycles. The van der Waals surface area contributed by atoms with Gasteiger partial charge in [-0.25, -0.2) is 9.48 Å². The van der Waals surface area contributed by atoms with E-state index in [1.54, 1.807) is 22.8 Å². The maximum Gasteiger partial charge on any atom is 0.345 e. The first-order valence-electron chi connectivity index (χ1n) is 8.87. The Morgan fingerprint density at radius 3 is 3.00 bits per heavy atom. The molecule has 0 radical (unpaired) electrons. The minimum Gasteiger partial charge on any atom is -0.484 e. The van der Waals surface area contributed by atoms with Crippen molar-refractivity contribution in [1.82, 2.24) is 19.7 Å². The molecule has 1 amide bonds. The molecule has 0 atom stereocenters. The van der Waals surface area contributed by atoms with Gasteiger partial charge in [-0.3, -0.25) is 9.36 Å². The van der Waals surface area contributed by atoms with Gasteiger partial charge in [0.25, 0.3) is 5.91 Å². The molecule has 0 aliphatic carbocycles. The van der Waals surface area contributed by atoms with E-state index in [4.69, 9.17) is 16.3 Å². The van der Waals surface area contributed by atoms with Gasteiger partial charge in [0.15, 0.2) is 6.61 Å². The normalized spacial score (nSPS) is 13.3. The van der Waals surface area contributed by atoms with Crippen LogP contribution >= 0.6 is 11.6 Å². The average molecular weight is 379 g/mol. The topological polar surface area (TPSA) is 78.2 Å². The van der Waals surface area contributed by atoms with Gasteiger partial charge in [-0.1, -0.05) is 11.6 Å². The van der Waals surface area contributed by atoms with Crippen molar-refractivity contribution in [3.8, 4) is 5.75 Å². The molecular formula is C18H23ClN4O3. The van der Waals surface area contributed by atoms with E-state index in [1.807, 2.05) is 6.92 Å². The fourth-order valence-corrected chi connectivity index (χ4v) is 3.08. The lowest BCUT2D eigenvalue weighted by molar-refractivity contribution is -0.123. The second-order valence-corrected chi connectivity index (χ2v) is 6.84. The van der Waals surface area contributed by atoms with Gasteiger partial charge in [-0.05, 0) is 49.9 Å². The van der Waals surface area contributed by atoms with Crippen molar-refractivity contribution in [1.29, 1.82) is 0 Å². The highest BCUT2D eigenvalue weighted by atomic mass is 35.5. The number of carbonyl (C=O) groups excluding carboxylic acids is 1. The van der Waals surface area contributed by atoms with Crippen LogP contribution in [0.2, 0.25) is 5.02 Å². The summed E-state index contributed by atoms with van der Waals surface area (Å²) in [6.45, 7) is 3.55. The molecule has 1 aliphatic heterocycles. The number of nitrogens with one attached hydrogen (secondary N) is 1. The van der Waals surface area contributed by atoms with Crippen molar-refractivity contribution in [3.63, 3.8) is 0 Å². The maximum atomic E-state index is 12.2. The van der Waals surface area contributed by atoms with E-state index in [0.29, 0.717) is 30.3 Å². The molecule has 0 spiro atoms. The molecule has 2 heterocycles. The number of aryl methyl sites for hydroxylation is 3. The van der Waals surface area contributed by atoms with E-state index in [0.717, 1.165) is 37.2 Å². The number of ether oxygens (including phenoxy) is 1. The lowest BCUT2D eigenvalue weighted by Gasteiger charge is -2.09. The Morgan fingerprint density at radius 2 is 2.23 bits per heavy atom. The summed E-state index contributed by atoms with van der Waals surface area (Å²) in [7, 11) is 0. The number of hydrogen-bond donors (Lipinski definition) is 1. The molecule has 3 rings (SSSR count). The number of nitrogens with zero attached hydrogens (tertiary/aromatic N) is 3. The summed E-state index contributed by atoms with van der Waals surface area (Å²) >= 11 is 5.96. The van der Waals surface area contributed by atoms with Gasteiger partial charge in [0.05, 0.1) is 0 Å². The molecule has 7 nitrogen and oxygen atoms in total. The number of aromatic nitrogens is 3. The first-order valence-corrected chi connectivity index (χ1v) is 9.24. The fraction of sp³-hybridized carbons (Fsp3) is 0.500. The van der Waals surface area contributed by atoms with Crippen molar-refractivity contribution < 1.29 is 9.53 Å². The summed E-state index contributed by atoms with van der Waals surface area (Å²) < 4.78 is 8.71. The first kappa shape index (κ1) is 18.5. The largest absolute Gasteiger partial charge is 0.484 e. The molecule has 0 bridgehead atoms. The third-order valence-corrected chi connectivity index (χ3v) is 4.82. The van der Waals surface area contributed by atoms with Crippen LogP contribution in [0.4, 0.5) is 0 Å². The minimum atomic E-state index is -0.200. The number of rotatable bonds is 7. The van der Waals surface area contributed by atoms with Crippen LogP contribution in [0.25, 0.3) is 0 Å². The molecule has 1 N–H and O–H groups in total. The second-order valence-electron chi connectivity index (χ2n) is 6.43. The van der Waals surface area contributed by atoms with Gasteiger partial charge in [-0.2, -0.15) is 5.10 Å². The van der Waals surface area contributed by atoms with Crippen molar-refractivity contribution >= 4 is 17.5 Å². The molecule has 0 unspecified atom stereocenters. The van der Waals surface area contributed by atoms with Crippen LogP contribution in [0.1, 0.15) is 30.7 Å². The standard InChI is InChI=1S/C18H23ClN4O3/c1-13-11-14(6-7-15(13)19)26-12-17(24)20-8-4-10-23-18(25)22-9-3-2-5-16(22)21-23/h6-7,11H,2-5,8-10,12H2,1H3,(H,20,24). The van der Waals surface area contributed by atoms with Crippen LogP contribution < -0.4 is 15.7 Å². The summed E-state index contributed by atoms with van der Waals surface area (Å²) in [6, 6.07) is 5.27. The number of carbonyl (C=O) groups is 1. The first-order chi connectivity index (χ1) is 12.5. The van der Waals surface area contributed by atoms with Gasteiger partial charge < -0.3 is 10.1 Å². The zero-order valence-corrected chi connectivity index (χ0v) is 15.6. The van der Waals surface area contributed by atoms with Gasteiger partial charge in [-0.15, -0.1) is 0 Å². The Bertz CT molecular complexity index is 843. The van der Waals surface area contributed by atoms with Crippen LogP contribution in [0.15, 0.2) is 23.0 Å². The van der Waals surface area contributed by atoms with Gasteiger partial charge >= 0.3 is 5.69 Å². The van der Waals surface area contributed by atoms with Crippen LogP contribution in [0, 0.1) is 6.92 Å². The van der Waals surface area contributed by atoms with Gasteiger partial charge in [0.2, 0.25) is 0 Å². The van der Waals surface area contributed by atoms with E-state index < -0.39 is 0 Å². The van der Waals surface area contributed by atoms with Crippen LogP contribution in [0.5, 0.6) is 5.75 Å². The SMILES string of the molecule is Cc1cc(OCC(=O)NCCCn2nc3n(c2=O)CCCC3)ccc1Cl. The third kappa shape index (κ3) is 4.46. The fourth-order valence-electron chi connectivity index (χ4n) is 2.96. The number of amides is 1. The number of halogens is 1. The van der Waals surface area contributed by atoms with Crippen molar-refractivity contribution in [2.24, 2.45) is 0 Å². The third-order valence-electron chi connectivity index (χ3n) is 4.40. The molecule has 8 heteroatoms. The average Bonchev–Trinajstić information content (AvgIpc) is 2.96. The summed E-state index contributed by atoms with van der Waals surface area (Å²) in [5, 5.41) is 7.83. The van der Waals surface area contributed by atoms with E-state index in [-0.39, 0.29) is 18.2 Å². The molecule has 26 heavy (non-hydrogen) atoms. The lowest BCUT2D eigenvalue weighted by atomic mass is 10.2. The summed E-state index contributed by atoms with van der Waals surface area (Å²) in [5.41, 5.74) is 0.852. The zero-order valence-electron chi connectivity index (χ0n) is 14.8. The predicted molar refractivity (Wildman–Crippen MR) is 98.7 cm³/mol. The lowest BCUT2D eigenvalue weighted by Crippen LogP contribution is -2.31. The van der Waals surface area contributed by atoms with Gasteiger partial charge in [0, 0.05) is 31.1 Å². The van der Waals surface area contributed by atoms with Crippen LogP contribution in [0.3, 0.4) is 0 Å². The summed E-state index contributed by atoms with van der Waals surface area (Å²) in [6.07, 6.45) is 3.62.